The summed E-state index contributed by atoms with van der Waals surface area (Å²) < 4.78 is 71.1. The maximum absolute atomic E-state index is 15.0. The van der Waals surface area contributed by atoms with Gasteiger partial charge < -0.3 is 9.47 Å². The van der Waals surface area contributed by atoms with E-state index in [0.29, 0.717) is 30.9 Å². The Hall–Kier alpha value is -2.86. The van der Waals surface area contributed by atoms with E-state index in [1.54, 1.807) is 24.3 Å². The summed E-state index contributed by atoms with van der Waals surface area (Å²) in [7, 11) is 0. The summed E-state index contributed by atoms with van der Waals surface area (Å²) in [5.41, 5.74) is 0.0625. The van der Waals surface area contributed by atoms with Crippen LogP contribution in [-0.4, -0.2) is 19.3 Å². The minimum Gasteiger partial charge on any atom is -0.494 e. The molecule has 34 heavy (non-hydrogen) atoms. The fraction of sp³-hybridized carbons (Fsp3) is 0.357. The van der Waals surface area contributed by atoms with Crippen LogP contribution in [0.1, 0.15) is 51.0 Å². The van der Waals surface area contributed by atoms with E-state index >= 15 is 8.78 Å². The first kappa shape index (κ1) is 24.3. The zero-order valence-electron chi connectivity index (χ0n) is 19.3. The molecule has 0 amide bonds. The van der Waals surface area contributed by atoms with Gasteiger partial charge in [0, 0.05) is 22.6 Å². The topological polar surface area (TPSA) is 18.5 Å². The van der Waals surface area contributed by atoms with Crippen molar-refractivity contribution in [2.45, 2.75) is 51.6 Å². The molecular formula is C28H28F4O2. The zero-order valence-corrected chi connectivity index (χ0v) is 19.3. The highest BCUT2D eigenvalue weighted by Gasteiger charge is 2.28. The van der Waals surface area contributed by atoms with Gasteiger partial charge >= 0.3 is 0 Å². The summed E-state index contributed by atoms with van der Waals surface area (Å²) in [5.74, 6) is -4.20. The van der Waals surface area contributed by atoms with Gasteiger partial charge in [-0.3, -0.25) is 0 Å². The Kier molecular flexibility index (Phi) is 7.57. The summed E-state index contributed by atoms with van der Waals surface area (Å²) in [6.07, 6.45) is 3.58. The highest BCUT2D eigenvalue weighted by atomic mass is 19.2. The first-order valence-corrected chi connectivity index (χ1v) is 11.8. The number of hydrogen-bond donors (Lipinski definition) is 0. The molecular weight excluding hydrogens is 444 g/mol. The molecule has 1 saturated heterocycles. The molecule has 3 aromatic rings. The second-order valence-corrected chi connectivity index (χ2v) is 8.59. The molecule has 2 nitrogen and oxygen atoms in total. The summed E-state index contributed by atoms with van der Waals surface area (Å²) in [5, 5.41) is 0. The van der Waals surface area contributed by atoms with Crippen molar-refractivity contribution < 1.29 is 27.0 Å². The van der Waals surface area contributed by atoms with Gasteiger partial charge in [-0.2, -0.15) is 0 Å². The first-order chi connectivity index (χ1) is 16.4. The van der Waals surface area contributed by atoms with Gasteiger partial charge in [0.05, 0.1) is 19.3 Å². The molecule has 1 aliphatic rings. The van der Waals surface area contributed by atoms with Crippen molar-refractivity contribution in [3.05, 3.63) is 77.4 Å². The molecule has 6 heteroatoms. The van der Waals surface area contributed by atoms with Crippen LogP contribution in [0.3, 0.4) is 0 Å². The largest absolute Gasteiger partial charge is 0.494 e. The van der Waals surface area contributed by atoms with Gasteiger partial charge in [0.25, 0.3) is 0 Å². The van der Waals surface area contributed by atoms with Gasteiger partial charge in [-0.1, -0.05) is 49.7 Å². The lowest BCUT2D eigenvalue weighted by atomic mass is 9.88. The Balaban J connectivity index is 1.61. The lowest BCUT2D eigenvalue weighted by Crippen LogP contribution is -2.25. The molecule has 0 spiro atoms. The maximum Gasteiger partial charge on any atom is 0.167 e. The van der Waals surface area contributed by atoms with Crippen molar-refractivity contribution in [2.75, 3.05) is 13.2 Å². The van der Waals surface area contributed by atoms with E-state index in [2.05, 4.69) is 6.92 Å². The molecule has 0 bridgehead atoms. The van der Waals surface area contributed by atoms with E-state index in [9.17, 15) is 8.78 Å². The first-order valence-electron chi connectivity index (χ1n) is 11.8. The zero-order chi connectivity index (χ0) is 24.2. The van der Waals surface area contributed by atoms with Crippen molar-refractivity contribution in [1.29, 1.82) is 0 Å². The van der Waals surface area contributed by atoms with Gasteiger partial charge in [0.15, 0.2) is 23.3 Å². The lowest BCUT2D eigenvalue weighted by Gasteiger charge is -2.29. The van der Waals surface area contributed by atoms with Crippen LogP contribution in [-0.2, 0) is 4.74 Å². The van der Waals surface area contributed by atoms with E-state index in [1.807, 2.05) is 6.92 Å². The summed E-state index contributed by atoms with van der Waals surface area (Å²) in [4.78, 5) is 0. The molecule has 3 aromatic carbocycles. The Labute approximate surface area is 197 Å². The van der Waals surface area contributed by atoms with Crippen LogP contribution in [0, 0.1) is 23.3 Å². The molecule has 1 aliphatic heterocycles. The predicted octanol–water partition coefficient (Wildman–Crippen LogP) is 8.04. The van der Waals surface area contributed by atoms with Crippen molar-refractivity contribution >= 4 is 0 Å². The molecule has 4 rings (SSSR count). The Morgan fingerprint density at radius 1 is 0.765 bits per heavy atom. The van der Waals surface area contributed by atoms with Gasteiger partial charge in [-0.05, 0) is 49.4 Å². The minimum atomic E-state index is -1.22. The molecule has 180 valence electrons. The van der Waals surface area contributed by atoms with Crippen molar-refractivity contribution in [3.8, 4) is 28.0 Å². The van der Waals surface area contributed by atoms with E-state index in [4.69, 9.17) is 9.47 Å². The lowest BCUT2D eigenvalue weighted by molar-refractivity contribution is -0.00181. The minimum absolute atomic E-state index is 0.0304. The van der Waals surface area contributed by atoms with Gasteiger partial charge in [0.1, 0.15) is 5.75 Å². The smallest absolute Gasteiger partial charge is 0.167 e. The maximum atomic E-state index is 15.0. The summed E-state index contributed by atoms with van der Waals surface area (Å²) in [6, 6.07) is 12.0. The van der Waals surface area contributed by atoms with Crippen LogP contribution in [0.4, 0.5) is 17.6 Å². The van der Waals surface area contributed by atoms with E-state index in [1.165, 1.54) is 24.3 Å². The third-order valence-corrected chi connectivity index (χ3v) is 6.38. The van der Waals surface area contributed by atoms with Crippen LogP contribution in [0.25, 0.3) is 22.3 Å². The molecule has 0 N–H and O–H groups in total. The fourth-order valence-corrected chi connectivity index (χ4v) is 4.57. The van der Waals surface area contributed by atoms with E-state index < -0.39 is 23.3 Å². The Bertz CT molecular complexity index is 1140. The van der Waals surface area contributed by atoms with Crippen LogP contribution in [0.15, 0.2) is 48.5 Å². The average Bonchev–Trinajstić information content (AvgIpc) is 2.85. The highest BCUT2D eigenvalue weighted by molar-refractivity contribution is 5.72. The molecule has 2 atom stereocenters. The molecule has 1 heterocycles. The predicted molar refractivity (Wildman–Crippen MR) is 125 cm³/mol. The van der Waals surface area contributed by atoms with Gasteiger partial charge in [-0.15, -0.1) is 0 Å². The molecule has 0 radical (unpaired) electrons. The number of hydrogen-bond acceptors (Lipinski definition) is 2. The summed E-state index contributed by atoms with van der Waals surface area (Å²) in [6.45, 7) is 4.74. The molecule has 1 fully saturated rings. The quantitative estimate of drug-likeness (QED) is 0.324. The summed E-state index contributed by atoms with van der Waals surface area (Å²) >= 11 is 0. The number of halogens is 4. The number of ether oxygens (including phenoxy) is 2. The molecule has 0 aliphatic carbocycles. The standard InChI is InChI=1S/C28H28F4O2/c1-3-5-19-11-8-18(16-34-19)22-13-15-24(28(32)26(22)30)23-14-12-21(25(29)27(23)31)17-6-9-20(10-7-17)33-4-2/h6-7,9-10,12-15,18-19H,3-5,8,11,16H2,1-2H3. The third-order valence-electron chi connectivity index (χ3n) is 6.38. The van der Waals surface area contributed by atoms with Crippen molar-refractivity contribution in [2.24, 2.45) is 0 Å². The Morgan fingerprint density at radius 2 is 1.38 bits per heavy atom. The molecule has 2 unspecified atom stereocenters. The Morgan fingerprint density at radius 3 is 2.00 bits per heavy atom. The third kappa shape index (κ3) is 4.83. The fourth-order valence-electron chi connectivity index (χ4n) is 4.57. The van der Waals surface area contributed by atoms with Gasteiger partial charge in [-0.25, -0.2) is 17.6 Å². The normalized spacial score (nSPS) is 18.2. The van der Waals surface area contributed by atoms with Gasteiger partial charge in [0.2, 0.25) is 0 Å². The number of rotatable bonds is 7. The highest BCUT2D eigenvalue weighted by Crippen LogP contribution is 2.37. The van der Waals surface area contributed by atoms with Crippen molar-refractivity contribution in [1.82, 2.24) is 0 Å². The monoisotopic (exact) mass is 472 g/mol. The average molecular weight is 473 g/mol. The van der Waals surface area contributed by atoms with Crippen LogP contribution in [0.5, 0.6) is 5.75 Å². The van der Waals surface area contributed by atoms with Crippen molar-refractivity contribution in [3.63, 3.8) is 0 Å². The van der Waals surface area contributed by atoms with E-state index in [0.717, 1.165) is 19.3 Å². The van der Waals surface area contributed by atoms with Crippen LogP contribution in [0.2, 0.25) is 0 Å². The molecule has 0 saturated carbocycles. The number of benzene rings is 3. The molecule has 0 aromatic heterocycles. The second kappa shape index (κ2) is 10.6. The van der Waals surface area contributed by atoms with Crippen LogP contribution < -0.4 is 4.74 Å². The van der Waals surface area contributed by atoms with E-state index in [-0.39, 0.29) is 34.3 Å². The second-order valence-electron chi connectivity index (χ2n) is 8.59. The SMILES string of the molecule is CCCC1CCC(c2ccc(-c3ccc(-c4ccc(OCC)cc4)c(F)c3F)c(F)c2F)CO1. The van der Waals surface area contributed by atoms with Crippen LogP contribution >= 0.6 is 0 Å².